The molecule has 0 heterocycles. The van der Waals surface area contributed by atoms with Crippen molar-refractivity contribution in [3.63, 3.8) is 0 Å². The normalized spacial score (nSPS) is 14.5. The van der Waals surface area contributed by atoms with Crippen molar-refractivity contribution in [1.29, 1.82) is 0 Å². The van der Waals surface area contributed by atoms with Gasteiger partial charge in [0.2, 0.25) is 5.91 Å². The maximum absolute atomic E-state index is 12.1. The Morgan fingerprint density at radius 1 is 1.47 bits per heavy atom. The molecular formula is C15H20ClNO2. The predicted octanol–water partition coefficient (Wildman–Crippen LogP) is 2.56. The van der Waals surface area contributed by atoms with Crippen molar-refractivity contribution in [2.45, 2.75) is 38.6 Å². The van der Waals surface area contributed by atoms with Crippen LogP contribution in [0.3, 0.4) is 0 Å². The zero-order valence-corrected chi connectivity index (χ0v) is 12.0. The maximum Gasteiger partial charge on any atom is 0.223 e. The van der Waals surface area contributed by atoms with Crippen LogP contribution < -0.4 is 0 Å². The molecule has 0 aliphatic heterocycles. The molecule has 0 aromatic heterocycles. The summed E-state index contributed by atoms with van der Waals surface area (Å²) in [7, 11) is 0. The number of nitrogens with zero attached hydrogens (tertiary/aromatic N) is 1. The number of amides is 1. The molecule has 0 saturated heterocycles. The Balaban J connectivity index is 1.89. The molecule has 19 heavy (non-hydrogen) atoms. The number of aliphatic hydroxyl groups excluding tert-OH is 1. The number of benzene rings is 1. The van der Waals surface area contributed by atoms with E-state index in [4.69, 9.17) is 16.7 Å². The molecule has 2 rings (SSSR count). The number of halogens is 1. The van der Waals surface area contributed by atoms with Crippen LogP contribution in [-0.4, -0.2) is 35.1 Å². The average molecular weight is 282 g/mol. The van der Waals surface area contributed by atoms with E-state index in [0.29, 0.717) is 25.4 Å². The standard InChI is InChI=1S/C15H20ClNO2/c1-11-2-3-12(10-14(11)16)4-7-15(19)17(8-9-18)13-5-6-13/h2-3,10,13,18H,4-9H2,1H3. The van der Waals surface area contributed by atoms with Crippen molar-refractivity contribution in [2.24, 2.45) is 0 Å². The minimum Gasteiger partial charge on any atom is -0.395 e. The molecule has 0 radical (unpaired) electrons. The van der Waals surface area contributed by atoms with Crippen molar-refractivity contribution < 1.29 is 9.90 Å². The molecule has 1 saturated carbocycles. The van der Waals surface area contributed by atoms with Crippen molar-refractivity contribution in [3.05, 3.63) is 34.3 Å². The summed E-state index contributed by atoms with van der Waals surface area (Å²) in [6.07, 6.45) is 3.33. The summed E-state index contributed by atoms with van der Waals surface area (Å²) in [5.41, 5.74) is 2.14. The van der Waals surface area contributed by atoms with E-state index in [-0.39, 0.29) is 12.5 Å². The lowest BCUT2D eigenvalue weighted by atomic mass is 10.1. The van der Waals surface area contributed by atoms with Gasteiger partial charge in [-0.15, -0.1) is 0 Å². The van der Waals surface area contributed by atoms with Crippen molar-refractivity contribution in [3.8, 4) is 0 Å². The molecule has 0 atom stereocenters. The molecule has 0 bridgehead atoms. The number of hydrogen-bond acceptors (Lipinski definition) is 2. The van der Waals surface area contributed by atoms with Gasteiger partial charge in [0.1, 0.15) is 0 Å². The first-order valence-corrected chi connectivity index (χ1v) is 7.15. The van der Waals surface area contributed by atoms with E-state index < -0.39 is 0 Å². The Morgan fingerprint density at radius 2 is 2.21 bits per heavy atom. The third kappa shape index (κ3) is 3.95. The molecule has 1 aliphatic carbocycles. The molecular weight excluding hydrogens is 262 g/mol. The van der Waals surface area contributed by atoms with Crippen LogP contribution >= 0.6 is 11.6 Å². The molecule has 4 heteroatoms. The van der Waals surface area contributed by atoms with E-state index >= 15 is 0 Å². The number of aryl methyl sites for hydroxylation is 2. The minimum absolute atomic E-state index is 0.0403. The van der Waals surface area contributed by atoms with Crippen LogP contribution in [0.2, 0.25) is 5.02 Å². The van der Waals surface area contributed by atoms with E-state index in [1.54, 1.807) is 0 Å². The molecule has 3 nitrogen and oxygen atoms in total. The molecule has 1 aromatic rings. The fourth-order valence-corrected chi connectivity index (χ4v) is 2.39. The van der Waals surface area contributed by atoms with Gasteiger partial charge < -0.3 is 10.0 Å². The summed E-state index contributed by atoms with van der Waals surface area (Å²) in [4.78, 5) is 13.9. The Bertz CT molecular complexity index is 457. The van der Waals surface area contributed by atoms with Crippen LogP contribution in [0.4, 0.5) is 0 Å². The van der Waals surface area contributed by atoms with Gasteiger partial charge in [-0.2, -0.15) is 0 Å². The third-order valence-electron chi connectivity index (χ3n) is 3.51. The Morgan fingerprint density at radius 3 is 2.79 bits per heavy atom. The highest BCUT2D eigenvalue weighted by atomic mass is 35.5. The quantitative estimate of drug-likeness (QED) is 0.871. The van der Waals surface area contributed by atoms with Gasteiger partial charge in [-0.3, -0.25) is 4.79 Å². The SMILES string of the molecule is Cc1ccc(CCC(=O)N(CCO)C2CC2)cc1Cl. The van der Waals surface area contributed by atoms with Gasteiger partial charge in [-0.05, 0) is 43.4 Å². The van der Waals surface area contributed by atoms with Gasteiger partial charge in [-0.25, -0.2) is 0 Å². The lowest BCUT2D eigenvalue weighted by Gasteiger charge is -2.21. The van der Waals surface area contributed by atoms with E-state index in [1.807, 2.05) is 30.0 Å². The first-order chi connectivity index (χ1) is 9.11. The largest absolute Gasteiger partial charge is 0.395 e. The predicted molar refractivity (Wildman–Crippen MR) is 76.3 cm³/mol. The molecule has 104 valence electrons. The van der Waals surface area contributed by atoms with Crippen molar-refractivity contribution in [2.75, 3.05) is 13.2 Å². The lowest BCUT2D eigenvalue weighted by molar-refractivity contribution is -0.132. The summed E-state index contributed by atoms with van der Waals surface area (Å²) in [5.74, 6) is 0.133. The van der Waals surface area contributed by atoms with E-state index in [2.05, 4.69) is 0 Å². The van der Waals surface area contributed by atoms with Crippen LogP contribution in [0.25, 0.3) is 0 Å². The Hall–Kier alpha value is -1.06. The van der Waals surface area contributed by atoms with Gasteiger partial charge in [0.05, 0.1) is 6.61 Å². The summed E-state index contributed by atoms with van der Waals surface area (Å²) < 4.78 is 0. The molecule has 0 spiro atoms. The van der Waals surface area contributed by atoms with E-state index in [1.165, 1.54) is 0 Å². The van der Waals surface area contributed by atoms with Crippen LogP contribution in [0, 0.1) is 6.92 Å². The molecule has 1 aliphatic rings. The van der Waals surface area contributed by atoms with Crippen LogP contribution in [0.1, 0.15) is 30.4 Å². The van der Waals surface area contributed by atoms with Crippen molar-refractivity contribution in [1.82, 2.24) is 4.90 Å². The fourth-order valence-electron chi connectivity index (χ4n) is 2.19. The zero-order chi connectivity index (χ0) is 13.8. The zero-order valence-electron chi connectivity index (χ0n) is 11.2. The van der Waals surface area contributed by atoms with Crippen LogP contribution in [-0.2, 0) is 11.2 Å². The molecule has 1 aromatic carbocycles. The first kappa shape index (κ1) is 14.4. The van der Waals surface area contributed by atoms with Crippen LogP contribution in [0.15, 0.2) is 18.2 Å². The fraction of sp³-hybridized carbons (Fsp3) is 0.533. The molecule has 0 unspecified atom stereocenters. The van der Waals surface area contributed by atoms with Crippen molar-refractivity contribution >= 4 is 17.5 Å². The molecule has 1 amide bonds. The average Bonchev–Trinajstić information content (AvgIpc) is 3.21. The second kappa shape index (κ2) is 6.40. The Kier molecular flexibility index (Phi) is 4.83. The van der Waals surface area contributed by atoms with E-state index in [0.717, 1.165) is 29.0 Å². The number of hydrogen-bond donors (Lipinski definition) is 1. The summed E-state index contributed by atoms with van der Waals surface area (Å²) in [6.45, 7) is 2.46. The summed E-state index contributed by atoms with van der Waals surface area (Å²) in [5, 5.41) is 9.75. The topological polar surface area (TPSA) is 40.5 Å². The highest BCUT2D eigenvalue weighted by Gasteiger charge is 2.31. The second-order valence-corrected chi connectivity index (χ2v) is 5.53. The number of rotatable bonds is 6. The number of carbonyl (C=O) groups excluding carboxylic acids is 1. The first-order valence-electron chi connectivity index (χ1n) is 6.77. The number of aliphatic hydroxyl groups is 1. The van der Waals surface area contributed by atoms with Gasteiger partial charge >= 0.3 is 0 Å². The summed E-state index contributed by atoms with van der Waals surface area (Å²) in [6, 6.07) is 6.29. The molecule has 1 N–H and O–H groups in total. The second-order valence-electron chi connectivity index (χ2n) is 5.13. The van der Waals surface area contributed by atoms with Gasteiger partial charge in [0.25, 0.3) is 0 Å². The van der Waals surface area contributed by atoms with E-state index in [9.17, 15) is 4.79 Å². The maximum atomic E-state index is 12.1. The van der Waals surface area contributed by atoms with Gasteiger partial charge in [0, 0.05) is 24.0 Å². The lowest BCUT2D eigenvalue weighted by Crippen LogP contribution is -2.35. The van der Waals surface area contributed by atoms with Crippen LogP contribution in [0.5, 0.6) is 0 Å². The Labute approximate surface area is 119 Å². The van der Waals surface area contributed by atoms with Gasteiger partial charge in [-0.1, -0.05) is 23.7 Å². The highest BCUT2D eigenvalue weighted by molar-refractivity contribution is 6.31. The summed E-state index contributed by atoms with van der Waals surface area (Å²) >= 11 is 6.07. The smallest absolute Gasteiger partial charge is 0.223 e. The van der Waals surface area contributed by atoms with Gasteiger partial charge in [0.15, 0.2) is 0 Å². The highest BCUT2D eigenvalue weighted by Crippen LogP contribution is 2.27. The third-order valence-corrected chi connectivity index (χ3v) is 3.92. The minimum atomic E-state index is 0.0403. The monoisotopic (exact) mass is 281 g/mol. The number of carbonyl (C=O) groups is 1. The molecule has 1 fully saturated rings.